The maximum Gasteiger partial charge on any atom is 0.236 e. The van der Waals surface area contributed by atoms with Crippen LogP contribution in [-0.4, -0.2) is 36.3 Å². The summed E-state index contributed by atoms with van der Waals surface area (Å²) in [5.41, 5.74) is 2.33. The van der Waals surface area contributed by atoms with Gasteiger partial charge < -0.3 is 9.80 Å². The highest BCUT2D eigenvalue weighted by molar-refractivity contribution is 9.10. The van der Waals surface area contributed by atoms with Crippen LogP contribution in [-0.2, 0) is 11.3 Å². The minimum Gasteiger partial charge on any atom is -0.378 e. The predicted molar refractivity (Wildman–Crippen MR) is 89.4 cm³/mol. The lowest BCUT2D eigenvalue weighted by molar-refractivity contribution is -0.131. The van der Waals surface area contributed by atoms with E-state index in [1.165, 1.54) is 5.69 Å². The maximum absolute atomic E-state index is 12.4. The van der Waals surface area contributed by atoms with E-state index in [-0.39, 0.29) is 10.7 Å². The van der Waals surface area contributed by atoms with Gasteiger partial charge in [0.05, 0.1) is 4.83 Å². The number of hydrogen-bond acceptors (Lipinski definition) is 2. The molecule has 0 aliphatic heterocycles. The van der Waals surface area contributed by atoms with Crippen LogP contribution < -0.4 is 4.90 Å². The van der Waals surface area contributed by atoms with Gasteiger partial charge in [0.2, 0.25) is 5.91 Å². The molecule has 0 aliphatic carbocycles. The molecule has 0 N–H and O–H groups in total. The molecule has 0 radical (unpaired) electrons. The van der Waals surface area contributed by atoms with E-state index in [1.807, 2.05) is 25.9 Å². The first kappa shape index (κ1) is 17.0. The van der Waals surface area contributed by atoms with E-state index >= 15 is 0 Å². The lowest BCUT2D eigenvalue weighted by atomic mass is 10.1. The molecule has 20 heavy (non-hydrogen) atoms. The van der Waals surface area contributed by atoms with Gasteiger partial charge in [-0.15, -0.1) is 0 Å². The zero-order valence-corrected chi connectivity index (χ0v) is 14.6. The summed E-state index contributed by atoms with van der Waals surface area (Å²) in [7, 11) is 4.05. The summed E-state index contributed by atoms with van der Waals surface area (Å²) < 4.78 is 0. The Morgan fingerprint density at radius 2 is 1.75 bits per heavy atom. The highest BCUT2D eigenvalue weighted by atomic mass is 79.9. The molecule has 1 atom stereocenters. The second-order valence-corrected chi connectivity index (χ2v) is 6.55. The third-order valence-corrected chi connectivity index (χ3v) is 4.79. The van der Waals surface area contributed by atoms with Gasteiger partial charge >= 0.3 is 0 Å². The molecule has 1 rings (SSSR count). The van der Waals surface area contributed by atoms with Crippen LogP contribution in [0.5, 0.6) is 0 Å². The number of amides is 1. The number of halogens is 1. The lowest BCUT2D eigenvalue weighted by Crippen LogP contribution is -2.38. The van der Waals surface area contributed by atoms with Crippen molar-refractivity contribution in [2.24, 2.45) is 5.92 Å². The monoisotopic (exact) mass is 340 g/mol. The Labute approximate surface area is 131 Å². The van der Waals surface area contributed by atoms with Crippen molar-refractivity contribution in [3.63, 3.8) is 0 Å². The molecule has 1 unspecified atom stereocenters. The fraction of sp³-hybridized carbons (Fsp3) is 0.562. The predicted octanol–water partition coefficient (Wildman–Crippen LogP) is 3.52. The quantitative estimate of drug-likeness (QED) is 0.739. The number of anilines is 1. The fourth-order valence-electron chi connectivity index (χ4n) is 1.93. The van der Waals surface area contributed by atoms with Crippen LogP contribution in [0.15, 0.2) is 24.3 Å². The van der Waals surface area contributed by atoms with Crippen molar-refractivity contribution in [3.8, 4) is 0 Å². The summed E-state index contributed by atoms with van der Waals surface area (Å²) in [6.07, 6.45) is 0. The first-order valence-corrected chi connectivity index (χ1v) is 7.97. The van der Waals surface area contributed by atoms with E-state index in [0.29, 0.717) is 12.5 Å². The zero-order valence-electron chi connectivity index (χ0n) is 13.1. The van der Waals surface area contributed by atoms with Gasteiger partial charge in [0.1, 0.15) is 0 Å². The molecule has 0 aromatic heterocycles. The molecular weight excluding hydrogens is 316 g/mol. The minimum atomic E-state index is -0.108. The van der Waals surface area contributed by atoms with E-state index in [2.05, 4.69) is 58.9 Å². The van der Waals surface area contributed by atoms with Crippen molar-refractivity contribution in [1.29, 1.82) is 0 Å². The molecule has 0 spiro atoms. The van der Waals surface area contributed by atoms with Crippen molar-refractivity contribution in [2.75, 3.05) is 25.5 Å². The van der Waals surface area contributed by atoms with E-state index in [0.717, 1.165) is 12.1 Å². The maximum atomic E-state index is 12.4. The minimum absolute atomic E-state index is 0.108. The first-order valence-electron chi connectivity index (χ1n) is 7.06. The van der Waals surface area contributed by atoms with Gasteiger partial charge in [-0.3, -0.25) is 4.79 Å². The molecule has 0 heterocycles. The van der Waals surface area contributed by atoms with Gasteiger partial charge in [-0.25, -0.2) is 0 Å². The van der Waals surface area contributed by atoms with Crippen LogP contribution in [0.25, 0.3) is 0 Å². The van der Waals surface area contributed by atoms with Gasteiger partial charge in [-0.05, 0) is 30.5 Å². The molecule has 112 valence electrons. The van der Waals surface area contributed by atoms with Gasteiger partial charge in [0.25, 0.3) is 0 Å². The molecule has 3 nitrogen and oxygen atoms in total. The molecule has 0 saturated carbocycles. The molecule has 1 aromatic carbocycles. The second-order valence-electron chi connectivity index (χ2n) is 5.56. The lowest BCUT2D eigenvalue weighted by Gasteiger charge is -2.25. The third-order valence-electron chi connectivity index (χ3n) is 3.34. The van der Waals surface area contributed by atoms with Crippen LogP contribution in [0.4, 0.5) is 5.69 Å². The number of benzene rings is 1. The Bertz CT molecular complexity index is 429. The molecule has 4 heteroatoms. The Hall–Kier alpha value is -1.03. The molecule has 0 aliphatic rings. The Morgan fingerprint density at radius 1 is 1.20 bits per heavy atom. The fourth-order valence-corrected chi connectivity index (χ4v) is 2.21. The average Bonchev–Trinajstić information content (AvgIpc) is 2.43. The second kappa shape index (κ2) is 7.67. The SMILES string of the molecule is CCN(Cc1ccc(N(C)C)cc1)C(=O)C(Br)C(C)C. The number of alkyl halides is 1. The summed E-state index contributed by atoms with van der Waals surface area (Å²) in [4.78, 5) is 16.2. The van der Waals surface area contributed by atoms with Gasteiger partial charge in [-0.2, -0.15) is 0 Å². The molecule has 1 aromatic rings. The highest BCUT2D eigenvalue weighted by Crippen LogP contribution is 2.18. The van der Waals surface area contributed by atoms with Crippen molar-refractivity contribution in [2.45, 2.75) is 32.1 Å². The van der Waals surface area contributed by atoms with E-state index in [1.54, 1.807) is 0 Å². The Kier molecular flexibility index (Phi) is 6.53. The summed E-state index contributed by atoms with van der Waals surface area (Å²) in [5.74, 6) is 0.465. The number of rotatable bonds is 6. The van der Waals surface area contributed by atoms with Crippen LogP contribution in [0.2, 0.25) is 0 Å². The number of hydrogen-bond donors (Lipinski definition) is 0. The van der Waals surface area contributed by atoms with Gasteiger partial charge in [0, 0.05) is 32.9 Å². The molecular formula is C16H25BrN2O. The van der Waals surface area contributed by atoms with E-state index < -0.39 is 0 Å². The number of carbonyl (C=O) groups is 1. The average molecular weight is 341 g/mol. The van der Waals surface area contributed by atoms with Crippen LogP contribution >= 0.6 is 15.9 Å². The number of nitrogens with zero attached hydrogens (tertiary/aromatic N) is 2. The van der Waals surface area contributed by atoms with Crippen LogP contribution in [0.3, 0.4) is 0 Å². The third kappa shape index (κ3) is 4.51. The van der Waals surface area contributed by atoms with Crippen molar-refractivity contribution < 1.29 is 4.79 Å². The summed E-state index contributed by atoms with van der Waals surface area (Å²) in [6, 6.07) is 8.34. The summed E-state index contributed by atoms with van der Waals surface area (Å²) >= 11 is 3.50. The highest BCUT2D eigenvalue weighted by Gasteiger charge is 2.23. The molecule has 0 saturated heterocycles. The van der Waals surface area contributed by atoms with E-state index in [9.17, 15) is 4.79 Å². The summed E-state index contributed by atoms with van der Waals surface area (Å²) in [5, 5.41) is 0. The van der Waals surface area contributed by atoms with Crippen LogP contribution in [0.1, 0.15) is 26.3 Å². The van der Waals surface area contributed by atoms with Gasteiger partial charge in [0.15, 0.2) is 0 Å². The number of carbonyl (C=O) groups excluding carboxylic acids is 1. The molecule has 0 fully saturated rings. The topological polar surface area (TPSA) is 23.6 Å². The van der Waals surface area contributed by atoms with E-state index in [4.69, 9.17) is 0 Å². The zero-order chi connectivity index (χ0) is 15.3. The first-order chi connectivity index (χ1) is 9.36. The molecule has 0 bridgehead atoms. The summed E-state index contributed by atoms with van der Waals surface area (Å²) in [6.45, 7) is 7.52. The Balaban J connectivity index is 2.75. The Morgan fingerprint density at radius 3 is 2.15 bits per heavy atom. The van der Waals surface area contributed by atoms with Crippen molar-refractivity contribution >= 4 is 27.5 Å². The van der Waals surface area contributed by atoms with Crippen LogP contribution in [0, 0.1) is 5.92 Å². The molecule has 1 amide bonds. The van der Waals surface area contributed by atoms with Gasteiger partial charge in [-0.1, -0.05) is 41.9 Å². The smallest absolute Gasteiger partial charge is 0.236 e. The standard InChI is InChI=1S/C16H25BrN2O/c1-6-19(16(20)15(17)12(2)3)11-13-7-9-14(10-8-13)18(4)5/h7-10,12,15H,6,11H2,1-5H3. The normalized spacial score (nSPS) is 12.3. The largest absolute Gasteiger partial charge is 0.378 e. The van der Waals surface area contributed by atoms with Crippen molar-refractivity contribution in [3.05, 3.63) is 29.8 Å². The van der Waals surface area contributed by atoms with Crippen molar-refractivity contribution in [1.82, 2.24) is 4.90 Å².